The van der Waals surface area contributed by atoms with E-state index in [0.717, 1.165) is 12.1 Å². The molecule has 128 valence electrons. The Balaban J connectivity index is 1.20. The summed E-state index contributed by atoms with van der Waals surface area (Å²) >= 11 is 0. The van der Waals surface area contributed by atoms with Crippen LogP contribution in [-0.2, 0) is 24.6 Å². The lowest BCUT2D eigenvalue weighted by atomic mass is 10.1. The first-order valence-electron chi connectivity index (χ1n) is 8.04. The number of hydrogen-bond acceptors (Lipinski definition) is 7. The zero-order valence-corrected chi connectivity index (χ0v) is 14.2. The predicted molar refractivity (Wildman–Crippen MR) is 91.9 cm³/mol. The van der Waals surface area contributed by atoms with Crippen molar-refractivity contribution < 1.29 is 18.1 Å². The standard InChI is InChI=1S/C17H16N3O4P/c21-25-22-16-19-17(23-25,24-25)11-20(16)12-18-15-8-6-14(7-9-15)10-13-4-2-1-3-5-13/h1-9,18H,10-12H2. The van der Waals surface area contributed by atoms with Gasteiger partial charge in [0.25, 0.3) is 0 Å². The van der Waals surface area contributed by atoms with E-state index in [0.29, 0.717) is 19.2 Å². The van der Waals surface area contributed by atoms with E-state index in [1.54, 1.807) is 0 Å². The Bertz CT molecular complexity index is 875. The van der Waals surface area contributed by atoms with E-state index < -0.39 is 13.7 Å². The summed E-state index contributed by atoms with van der Waals surface area (Å²) in [5.74, 6) is -1.12. The molecule has 1 N–H and O–H groups in total. The zero-order valence-electron chi connectivity index (χ0n) is 13.3. The van der Waals surface area contributed by atoms with Gasteiger partial charge in [-0.1, -0.05) is 42.5 Å². The van der Waals surface area contributed by atoms with Crippen LogP contribution in [0, 0.1) is 0 Å². The highest BCUT2D eigenvalue weighted by Gasteiger charge is 2.68. The van der Waals surface area contributed by atoms with Gasteiger partial charge in [0.15, 0.2) is 0 Å². The van der Waals surface area contributed by atoms with Gasteiger partial charge in [-0.3, -0.25) is 0 Å². The molecule has 3 bridgehead atoms. The third-order valence-corrected chi connectivity index (χ3v) is 5.71. The Morgan fingerprint density at radius 3 is 2.56 bits per heavy atom. The van der Waals surface area contributed by atoms with Crippen molar-refractivity contribution in [3.05, 3.63) is 65.7 Å². The van der Waals surface area contributed by atoms with Crippen molar-refractivity contribution >= 4 is 19.5 Å². The maximum absolute atomic E-state index is 11.8. The van der Waals surface area contributed by atoms with Crippen molar-refractivity contribution in [2.75, 3.05) is 18.5 Å². The number of rotatable bonds is 5. The van der Waals surface area contributed by atoms with E-state index in [9.17, 15) is 4.57 Å². The molecule has 0 saturated carbocycles. The normalized spacial score (nSPS) is 28.8. The topological polar surface area (TPSA) is 72.4 Å². The van der Waals surface area contributed by atoms with Gasteiger partial charge in [0.2, 0.25) is 0 Å². The Hall–Kier alpha value is -2.34. The molecule has 2 aromatic rings. The molecule has 4 heterocycles. The lowest BCUT2D eigenvalue weighted by Gasteiger charge is -2.39. The molecule has 1 spiro atoms. The van der Waals surface area contributed by atoms with Gasteiger partial charge in [-0.05, 0) is 29.7 Å². The molecule has 0 radical (unpaired) electrons. The van der Waals surface area contributed by atoms with E-state index in [1.165, 1.54) is 11.1 Å². The minimum absolute atomic E-state index is 0.314. The summed E-state index contributed by atoms with van der Waals surface area (Å²) in [7, 11) is -3.38. The second kappa shape index (κ2) is 5.33. The molecule has 4 aliphatic rings. The minimum Gasteiger partial charge on any atom is -0.370 e. The maximum Gasteiger partial charge on any atom is 0.540 e. The van der Waals surface area contributed by atoms with Crippen LogP contribution >= 0.6 is 7.82 Å². The van der Waals surface area contributed by atoms with Gasteiger partial charge >= 0.3 is 19.8 Å². The van der Waals surface area contributed by atoms with Crippen molar-refractivity contribution in [1.82, 2.24) is 4.90 Å². The van der Waals surface area contributed by atoms with Crippen LogP contribution in [0.15, 0.2) is 59.6 Å². The summed E-state index contributed by atoms with van der Waals surface area (Å²) in [5, 5.41) is 3.30. The molecule has 7 nitrogen and oxygen atoms in total. The number of anilines is 1. The summed E-state index contributed by atoms with van der Waals surface area (Å²) < 4.78 is 27.2. The van der Waals surface area contributed by atoms with Crippen LogP contribution in [-0.4, -0.2) is 30.0 Å². The SMILES string of the molecule is O=P12OC3=NC(CN3CNc3ccc(Cc4ccccc4)cc3)(O1)O2. The summed E-state index contributed by atoms with van der Waals surface area (Å²) in [4.78, 5) is 5.97. The van der Waals surface area contributed by atoms with Crippen molar-refractivity contribution in [2.45, 2.75) is 12.3 Å². The summed E-state index contributed by atoms with van der Waals surface area (Å²) in [6, 6.07) is 19.0. The highest BCUT2D eigenvalue weighted by atomic mass is 31.2. The minimum atomic E-state index is -3.38. The van der Waals surface area contributed by atoms with Crippen molar-refractivity contribution in [1.29, 1.82) is 0 Å². The molecule has 0 unspecified atom stereocenters. The Kier molecular flexibility index (Phi) is 3.19. The second-order valence-corrected chi connectivity index (χ2v) is 7.66. The fourth-order valence-corrected chi connectivity index (χ4v) is 4.45. The van der Waals surface area contributed by atoms with E-state index >= 15 is 0 Å². The molecule has 0 aliphatic carbocycles. The molecule has 1 saturated heterocycles. The van der Waals surface area contributed by atoms with Gasteiger partial charge in [-0.15, -0.1) is 0 Å². The second-order valence-electron chi connectivity index (χ2n) is 6.22. The lowest BCUT2D eigenvalue weighted by Crippen LogP contribution is -2.45. The summed E-state index contributed by atoms with van der Waals surface area (Å²) in [6.45, 7) is 0.830. The molecular formula is C17H16N3O4P. The van der Waals surface area contributed by atoms with Gasteiger partial charge in [-0.25, -0.2) is 13.6 Å². The molecule has 0 amide bonds. The Morgan fingerprint density at radius 1 is 1.08 bits per heavy atom. The summed E-state index contributed by atoms with van der Waals surface area (Å²) in [6.07, 6.45) is 0.907. The van der Waals surface area contributed by atoms with Gasteiger partial charge < -0.3 is 14.7 Å². The lowest BCUT2D eigenvalue weighted by molar-refractivity contribution is -0.206. The predicted octanol–water partition coefficient (Wildman–Crippen LogP) is 3.16. The van der Waals surface area contributed by atoms with Crippen LogP contribution in [0.4, 0.5) is 5.69 Å². The number of phosphoric ester groups is 1. The number of nitrogens with one attached hydrogen (secondary N) is 1. The molecule has 0 atom stereocenters. The zero-order chi connectivity index (χ0) is 16.9. The van der Waals surface area contributed by atoms with Crippen LogP contribution in [0.25, 0.3) is 0 Å². The average Bonchev–Trinajstić information content (AvgIpc) is 2.81. The van der Waals surface area contributed by atoms with Crippen molar-refractivity contribution in [2.24, 2.45) is 4.99 Å². The Labute approximate surface area is 144 Å². The van der Waals surface area contributed by atoms with Crippen molar-refractivity contribution in [3.63, 3.8) is 0 Å². The fraction of sp³-hybridized carbons (Fsp3) is 0.235. The Morgan fingerprint density at radius 2 is 1.80 bits per heavy atom. The number of benzene rings is 2. The molecule has 4 aliphatic heterocycles. The molecule has 25 heavy (non-hydrogen) atoms. The first-order chi connectivity index (χ1) is 12.1. The van der Waals surface area contributed by atoms with E-state index in [4.69, 9.17) is 13.6 Å². The van der Waals surface area contributed by atoms with E-state index in [1.807, 2.05) is 35.2 Å². The highest BCUT2D eigenvalue weighted by Crippen LogP contribution is 2.70. The van der Waals surface area contributed by atoms with Crippen LogP contribution in [0.3, 0.4) is 0 Å². The molecule has 2 aromatic carbocycles. The number of hydrogen-bond donors (Lipinski definition) is 1. The highest BCUT2D eigenvalue weighted by molar-refractivity contribution is 7.50. The third-order valence-electron chi connectivity index (χ3n) is 4.31. The molecule has 1 fully saturated rings. The molecular weight excluding hydrogens is 341 g/mol. The molecule has 6 rings (SSSR count). The van der Waals surface area contributed by atoms with Gasteiger partial charge in [0.1, 0.15) is 6.54 Å². The van der Waals surface area contributed by atoms with Crippen LogP contribution in [0.1, 0.15) is 11.1 Å². The van der Waals surface area contributed by atoms with Gasteiger partial charge in [0, 0.05) is 5.69 Å². The largest absolute Gasteiger partial charge is 0.540 e. The van der Waals surface area contributed by atoms with Crippen LogP contribution in [0.2, 0.25) is 0 Å². The maximum atomic E-state index is 11.8. The monoisotopic (exact) mass is 357 g/mol. The number of nitrogens with zero attached hydrogens (tertiary/aromatic N) is 2. The van der Waals surface area contributed by atoms with Gasteiger partial charge in [0.05, 0.1) is 6.67 Å². The van der Waals surface area contributed by atoms with E-state index in [-0.39, 0.29) is 0 Å². The first kappa shape index (κ1) is 15.0. The smallest absolute Gasteiger partial charge is 0.370 e. The first-order valence-corrected chi connectivity index (χ1v) is 9.50. The van der Waals surface area contributed by atoms with Gasteiger partial charge in [-0.2, -0.15) is 4.99 Å². The summed E-state index contributed by atoms with van der Waals surface area (Å²) in [5.41, 5.74) is 3.52. The van der Waals surface area contributed by atoms with E-state index in [2.05, 4.69) is 34.6 Å². The quantitative estimate of drug-likeness (QED) is 0.829. The van der Waals surface area contributed by atoms with Crippen molar-refractivity contribution in [3.8, 4) is 0 Å². The van der Waals surface area contributed by atoms with Crippen LogP contribution in [0.5, 0.6) is 0 Å². The van der Waals surface area contributed by atoms with Crippen LogP contribution < -0.4 is 5.32 Å². The fourth-order valence-electron chi connectivity index (χ4n) is 3.11. The number of phosphoric acid groups is 1. The molecule has 8 heteroatoms. The third kappa shape index (κ3) is 2.70. The average molecular weight is 357 g/mol. The number of amidine groups is 1. The molecule has 0 aromatic heterocycles. The number of aliphatic imine (C=N–C) groups is 1.